The summed E-state index contributed by atoms with van der Waals surface area (Å²) in [5, 5.41) is 9.54. The SMILES string of the molecule is O=C1CCC(N2Cc3cc(CNC4CC5CC(C4)N5)ccc3C2=O)C(=O)N1. The van der Waals surface area contributed by atoms with Crippen LogP contribution in [0.25, 0.3) is 0 Å². The van der Waals surface area contributed by atoms with Crippen molar-refractivity contribution in [1.82, 2.24) is 20.9 Å². The minimum Gasteiger partial charge on any atom is -0.322 e. The highest BCUT2D eigenvalue weighted by atomic mass is 16.2. The highest BCUT2D eigenvalue weighted by Crippen LogP contribution is 2.30. The minimum atomic E-state index is -0.550. The summed E-state index contributed by atoms with van der Waals surface area (Å²) in [4.78, 5) is 37.8. The first-order valence-electron chi connectivity index (χ1n) is 9.83. The van der Waals surface area contributed by atoms with Crippen LogP contribution in [0.15, 0.2) is 18.2 Å². The van der Waals surface area contributed by atoms with Gasteiger partial charge in [-0.25, -0.2) is 0 Å². The van der Waals surface area contributed by atoms with Crippen LogP contribution in [-0.4, -0.2) is 46.8 Å². The van der Waals surface area contributed by atoms with Gasteiger partial charge in [-0.1, -0.05) is 12.1 Å². The largest absolute Gasteiger partial charge is 0.322 e. The highest BCUT2D eigenvalue weighted by molar-refractivity contribution is 6.05. The van der Waals surface area contributed by atoms with Gasteiger partial charge < -0.3 is 15.5 Å². The third-order valence-corrected chi connectivity index (χ3v) is 6.36. The summed E-state index contributed by atoms with van der Waals surface area (Å²) < 4.78 is 0. The Kier molecular flexibility index (Phi) is 4.02. The number of carbonyl (C=O) groups excluding carboxylic acids is 3. The van der Waals surface area contributed by atoms with E-state index in [2.05, 4.69) is 22.0 Å². The van der Waals surface area contributed by atoms with Crippen molar-refractivity contribution in [3.63, 3.8) is 0 Å². The lowest BCUT2D eigenvalue weighted by Gasteiger charge is -2.46. The predicted molar refractivity (Wildman–Crippen MR) is 97.7 cm³/mol. The first kappa shape index (κ1) is 16.9. The Labute approximate surface area is 157 Å². The van der Waals surface area contributed by atoms with Gasteiger partial charge in [0.25, 0.3) is 5.91 Å². The summed E-state index contributed by atoms with van der Waals surface area (Å²) >= 11 is 0. The molecule has 0 aromatic heterocycles. The molecular weight excluding hydrogens is 344 g/mol. The Balaban J connectivity index is 1.25. The number of piperidine rings is 2. The number of imide groups is 1. The average molecular weight is 368 g/mol. The van der Waals surface area contributed by atoms with Gasteiger partial charge in [0.15, 0.2) is 0 Å². The van der Waals surface area contributed by atoms with Gasteiger partial charge in [-0.3, -0.25) is 19.7 Å². The Morgan fingerprint density at radius 3 is 2.63 bits per heavy atom. The third-order valence-electron chi connectivity index (χ3n) is 6.36. The quantitative estimate of drug-likeness (QED) is 0.671. The van der Waals surface area contributed by atoms with Gasteiger partial charge in [-0.2, -0.15) is 0 Å². The summed E-state index contributed by atoms with van der Waals surface area (Å²) in [6.07, 6.45) is 4.36. The Morgan fingerprint density at radius 1 is 1.11 bits per heavy atom. The topological polar surface area (TPSA) is 90.5 Å². The smallest absolute Gasteiger partial charge is 0.255 e. The number of amides is 3. The van der Waals surface area contributed by atoms with Crippen LogP contribution in [0.4, 0.5) is 0 Å². The number of fused-ring (bicyclic) bond motifs is 3. The molecule has 4 heterocycles. The van der Waals surface area contributed by atoms with Crippen molar-refractivity contribution in [2.75, 3.05) is 0 Å². The number of hydrogen-bond acceptors (Lipinski definition) is 5. The van der Waals surface area contributed by atoms with Crippen molar-refractivity contribution in [2.45, 2.75) is 69.4 Å². The zero-order valence-corrected chi connectivity index (χ0v) is 15.2. The lowest BCUT2D eigenvalue weighted by atomic mass is 9.79. The van der Waals surface area contributed by atoms with Crippen LogP contribution in [0.2, 0.25) is 0 Å². The summed E-state index contributed by atoms with van der Waals surface area (Å²) in [6, 6.07) is 7.32. The first-order chi connectivity index (χ1) is 13.1. The molecular formula is C20H24N4O3. The minimum absolute atomic E-state index is 0.113. The Hall–Kier alpha value is -2.25. The fourth-order valence-corrected chi connectivity index (χ4v) is 4.93. The summed E-state index contributed by atoms with van der Waals surface area (Å²) in [7, 11) is 0. The monoisotopic (exact) mass is 368 g/mol. The van der Waals surface area contributed by atoms with E-state index < -0.39 is 6.04 Å². The second-order valence-electron chi connectivity index (χ2n) is 8.24. The maximum absolute atomic E-state index is 12.7. The lowest BCUT2D eigenvalue weighted by molar-refractivity contribution is -0.136. The fraction of sp³-hybridized carbons (Fsp3) is 0.550. The molecule has 3 atom stereocenters. The molecule has 7 heteroatoms. The Morgan fingerprint density at radius 2 is 1.89 bits per heavy atom. The van der Waals surface area contributed by atoms with Gasteiger partial charge in [0, 0.05) is 43.2 Å². The van der Waals surface area contributed by atoms with E-state index in [1.165, 1.54) is 24.8 Å². The fourth-order valence-electron chi connectivity index (χ4n) is 4.93. The van der Waals surface area contributed by atoms with Crippen LogP contribution in [-0.2, 0) is 22.7 Å². The molecule has 6 rings (SSSR count). The van der Waals surface area contributed by atoms with Crippen LogP contribution in [0.5, 0.6) is 0 Å². The molecule has 4 aliphatic heterocycles. The molecule has 4 fully saturated rings. The third kappa shape index (κ3) is 3.04. The van der Waals surface area contributed by atoms with E-state index >= 15 is 0 Å². The maximum Gasteiger partial charge on any atom is 0.255 e. The van der Waals surface area contributed by atoms with Crippen LogP contribution < -0.4 is 16.0 Å². The van der Waals surface area contributed by atoms with E-state index in [0.717, 1.165) is 12.1 Å². The second kappa shape index (κ2) is 6.42. The molecule has 3 unspecified atom stereocenters. The molecule has 3 N–H and O–H groups in total. The molecule has 2 bridgehead atoms. The summed E-state index contributed by atoms with van der Waals surface area (Å²) in [6.45, 7) is 1.23. The standard InChI is InChI=1S/C20H24N4O3/c25-18-4-3-17(19(26)23-18)24-10-12-5-11(1-2-16(12)20(24)27)9-21-13-6-14-8-15(7-13)22-14/h1-2,5,13-15,17,21-22H,3-4,6-10H2,(H,23,25,26). The van der Waals surface area contributed by atoms with E-state index in [1.54, 1.807) is 4.90 Å². The van der Waals surface area contributed by atoms with Crippen molar-refractivity contribution in [2.24, 2.45) is 0 Å². The van der Waals surface area contributed by atoms with E-state index in [4.69, 9.17) is 0 Å². The van der Waals surface area contributed by atoms with Crippen molar-refractivity contribution in [1.29, 1.82) is 0 Å². The number of benzene rings is 1. The van der Waals surface area contributed by atoms with E-state index in [0.29, 0.717) is 36.7 Å². The van der Waals surface area contributed by atoms with Crippen LogP contribution in [0, 0.1) is 0 Å². The van der Waals surface area contributed by atoms with Gasteiger partial charge in [0.2, 0.25) is 11.8 Å². The molecule has 1 saturated carbocycles. The molecule has 0 spiro atoms. The van der Waals surface area contributed by atoms with Gasteiger partial charge in [-0.05, 0) is 42.9 Å². The van der Waals surface area contributed by atoms with E-state index in [1.807, 2.05) is 12.1 Å². The number of rotatable bonds is 4. The van der Waals surface area contributed by atoms with Crippen LogP contribution in [0.1, 0.15) is 53.6 Å². The van der Waals surface area contributed by atoms with Crippen molar-refractivity contribution < 1.29 is 14.4 Å². The van der Waals surface area contributed by atoms with Gasteiger partial charge >= 0.3 is 0 Å². The number of carbonyl (C=O) groups is 3. The molecule has 5 aliphatic rings. The average Bonchev–Trinajstić information content (AvgIpc) is 2.96. The van der Waals surface area contributed by atoms with Crippen LogP contribution >= 0.6 is 0 Å². The Bertz CT molecular complexity index is 807. The normalized spacial score (nSPS) is 32.1. The van der Waals surface area contributed by atoms with Crippen molar-refractivity contribution in [3.8, 4) is 0 Å². The van der Waals surface area contributed by atoms with Gasteiger partial charge in [0.05, 0.1) is 0 Å². The molecule has 3 amide bonds. The van der Waals surface area contributed by atoms with Crippen molar-refractivity contribution in [3.05, 3.63) is 34.9 Å². The number of hydrogen-bond donors (Lipinski definition) is 3. The predicted octanol–water partition coefficient (Wildman–Crippen LogP) is 0.430. The maximum atomic E-state index is 12.7. The molecule has 3 saturated heterocycles. The van der Waals surface area contributed by atoms with E-state index in [9.17, 15) is 14.4 Å². The van der Waals surface area contributed by atoms with Gasteiger partial charge in [0.1, 0.15) is 6.04 Å². The zero-order valence-electron chi connectivity index (χ0n) is 15.2. The van der Waals surface area contributed by atoms with E-state index in [-0.39, 0.29) is 24.1 Å². The second-order valence-corrected chi connectivity index (χ2v) is 8.24. The molecule has 1 aromatic rings. The highest BCUT2D eigenvalue weighted by Gasteiger charge is 2.39. The molecule has 27 heavy (non-hydrogen) atoms. The molecule has 1 aromatic carbocycles. The number of nitrogens with zero attached hydrogens (tertiary/aromatic N) is 1. The number of nitrogens with one attached hydrogen (secondary N) is 3. The molecule has 7 nitrogen and oxygen atoms in total. The lowest BCUT2D eigenvalue weighted by Crippen LogP contribution is -2.61. The molecule has 0 radical (unpaired) electrons. The van der Waals surface area contributed by atoms with Crippen molar-refractivity contribution >= 4 is 17.7 Å². The zero-order chi connectivity index (χ0) is 18.5. The first-order valence-corrected chi connectivity index (χ1v) is 9.83. The molecule has 142 valence electrons. The summed E-state index contributed by atoms with van der Waals surface area (Å²) in [5.74, 6) is -0.736. The van der Waals surface area contributed by atoms with Gasteiger partial charge in [-0.15, -0.1) is 0 Å². The molecule has 1 aliphatic carbocycles. The van der Waals surface area contributed by atoms with Crippen LogP contribution in [0.3, 0.4) is 0 Å². The summed E-state index contributed by atoms with van der Waals surface area (Å²) in [5.41, 5.74) is 2.81.